The van der Waals surface area contributed by atoms with Gasteiger partial charge >= 0.3 is 0 Å². The minimum absolute atomic E-state index is 0.196. The first-order valence-electron chi connectivity index (χ1n) is 6.80. The lowest BCUT2D eigenvalue weighted by atomic mass is 10.1. The van der Waals surface area contributed by atoms with Crippen LogP contribution in [0.3, 0.4) is 0 Å². The molecule has 2 aromatic rings. The highest BCUT2D eigenvalue weighted by Gasteiger charge is 2.17. The molecule has 1 N–H and O–H groups in total. The fourth-order valence-electron chi connectivity index (χ4n) is 2.34. The third-order valence-corrected chi connectivity index (χ3v) is 3.39. The van der Waals surface area contributed by atoms with Gasteiger partial charge < -0.3 is 14.2 Å². The molecule has 3 rings (SSSR count). The molecule has 1 atom stereocenters. The van der Waals surface area contributed by atoms with Crippen molar-refractivity contribution in [2.24, 2.45) is 0 Å². The van der Waals surface area contributed by atoms with Crippen LogP contribution in [-0.2, 0) is 4.74 Å². The van der Waals surface area contributed by atoms with E-state index < -0.39 is 0 Å². The van der Waals surface area contributed by atoms with Crippen LogP contribution in [0.15, 0.2) is 30.3 Å². The first kappa shape index (κ1) is 13.0. The Morgan fingerprint density at radius 2 is 2.30 bits per heavy atom. The number of ether oxygens (including phenoxy) is 3. The Hall–Kier alpha value is -2.01. The highest BCUT2D eigenvalue weighted by atomic mass is 16.5. The highest BCUT2D eigenvalue weighted by Crippen LogP contribution is 2.29. The summed E-state index contributed by atoms with van der Waals surface area (Å²) in [6.07, 6.45) is 2.37. The van der Waals surface area contributed by atoms with Crippen molar-refractivity contribution in [1.82, 2.24) is 10.2 Å². The van der Waals surface area contributed by atoms with Crippen molar-refractivity contribution in [3.63, 3.8) is 0 Å². The molecule has 1 fully saturated rings. The molecule has 0 bridgehead atoms. The van der Waals surface area contributed by atoms with E-state index in [1.165, 1.54) is 0 Å². The molecule has 5 heteroatoms. The second-order valence-corrected chi connectivity index (χ2v) is 4.77. The van der Waals surface area contributed by atoms with Crippen molar-refractivity contribution in [3.8, 4) is 22.9 Å². The molecule has 1 aliphatic heterocycles. The maximum Gasteiger partial charge on any atom is 0.233 e. The Balaban J connectivity index is 1.69. The summed E-state index contributed by atoms with van der Waals surface area (Å²) in [5.41, 5.74) is 1.85. The van der Waals surface area contributed by atoms with E-state index in [0.717, 1.165) is 36.5 Å². The molecular formula is C15H18N2O3. The molecular weight excluding hydrogens is 256 g/mol. The molecule has 106 valence electrons. The number of hydrogen-bond donors (Lipinski definition) is 1. The van der Waals surface area contributed by atoms with Crippen LogP contribution < -0.4 is 9.47 Å². The lowest BCUT2D eigenvalue weighted by Crippen LogP contribution is -2.16. The Bertz CT molecular complexity index is 562. The molecule has 5 nitrogen and oxygen atoms in total. The maximum absolute atomic E-state index is 5.66. The lowest BCUT2D eigenvalue weighted by Gasteiger charge is -2.08. The van der Waals surface area contributed by atoms with E-state index in [9.17, 15) is 0 Å². The Kier molecular flexibility index (Phi) is 3.87. The largest absolute Gasteiger partial charge is 0.496 e. The first-order chi connectivity index (χ1) is 9.86. The number of rotatable bonds is 5. The van der Waals surface area contributed by atoms with Crippen LogP contribution >= 0.6 is 0 Å². The molecule has 0 saturated carbocycles. The van der Waals surface area contributed by atoms with Crippen molar-refractivity contribution < 1.29 is 14.2 Å². The lowest BCUT2D eigenvalue weighted by molar-refractivity contribution is 0.0663. The van der Waals surface area contributed by atoms with Gasteiger partial charge in [-0.1, -0.05) is 12.1 Å². The van der Waals surface area contributed by atoms with Gasteiger partial charge in [0, 0.05) is 18.2 Å². The van der Waals surface area contributed by atoms with Gasteiger partial charge in [-0.2, -0.15) is 0 Å². The Morgan fingerprint density at radius 1 is 1.40 bits per heavy atom. The standard InChI is InChI=1S/C15H18N2O3/c1-18-14-7-3-2-6-12(14)13-9-15(17-16-13)20-10-11-5-4-8-19-11/h2-3,6-7,9,11H,4-5,8,10H2,1H3,(H,16,17). The van der Waals surface area contributed by atoms with Gasteiger partial charge in [-0.3, -0.25) is 5.10 Å². The average molecular weight is 274 g/mol. The van der Waals surface area contributed by atoms with E-state index in [2.05, 4.69) is 10.2 Å². The summed E-state index contributed by atoms with van der Waals surface area (Å²) in [5.74, 6) is 1.39. The minimum atomic E-state index is 0.196. The van der Waals surface area contributed by atoms with Crippen LogP contribution in [0, 0.1) is 0 Å². The predicted molar refractivity (Wildman–Crippen MR) is 75.0 cm³/mol. The van der Waals surface area contributed by atoms with Gasteiger partial charge in [-0.05, 0) is 25.0 Å². The van der Waals surface area contributed by atoms with Crippen LogP contribution in [0.2, 0.25) is 0 Å². The van der Waals surface area contributed by atoms with Crippen molar-refractivity contribution in [1.29, 1.82) is 0 Å². The van der Waals surface area contributed by atoms with E-state index in [1.807, 2.05) is 30.3 Å². The second kappa shape index (κ2) is 5.96. The zero-order valence-corrected chi connectivity index (χ0v) is 11.5. The quantitative estimate of drug-likeness (QED) is 0.910. The zero-order valence-electron chi connectivity index (χ0n) is 11.5. The number of hydrogen-bond acceptors (Lipinski definition) is 4. The number of nitrogens with one attached hydrogen (secondary N) is 1. The maximum atomic E-state index is 5.66. The summed E-state index contributed by atoms with van der Waals surface area (Å²) in [5, 5.41) is 7.15. The van der Waals surface area contributed by atoms with Crippen molar-refractivity contribution in [3.05, 3.63) is 30.3 Å². The molecule has 0 aliphatic carbocycles. The molecule has 0 amide bonds. The van der Waals surface area contributed by atoms with Crippen molar-refractivity contribution in [2.45, 2.75) is 18.9 Å². The SMILES string of the molecule is COc1ccccc1-c1cc(OCC2CCCO2)n[nH]1. The average Bonchev–Trinajstić information content (AvgIpc) is 3.16. The van der Waals surface area contributed by atoms with Gasteiger partial charge in [-0.25, -0.2) is 0 Å². The van der Waals surface area contributed by atoms with E-state index in [4.69, 9.17) is 14.2 Å². The number of methoxy groups -OCH3 is 1. The van der Waals surface area contributed by atoms with Crippen LogP contribution in [0.25, 0.3) is 11.3 Å². The van der Waals surface area contributed by atoms with Crippen LogP contribution in [0.4, 0.5) is 0 Å². The third kappa shape index (κ3) is 2.77. The van der Waals surface area contributed by atoms with Gasteiger partial charge in [0.1, 0.15) is 12.4 Å². The summed E-state index contributed by atoms with van der Waals surface area (Å²) in [6.45, 7) is 1.39. The minimum Gasteiger partial charge on any atom is -0.496 e. The van der Waals surface area contributed by atoms with Crippen LogP contribution in [0.5, 0.6) is 11.6 Å². The van der Waals surface area contributed by atoms with E-state index in [1.54, 1.807) is 7.11 Å². The Morgan fingerprint density at radius 3 is 3.10 bits per heavy atom. The third-order valence-electron chi connectivity index (χ3n) is 3.39. The molecule has 1 aromatic heterocycles. The Labute approximate surface area is 117 Å². The molecule has 1 saturated heterocycles. The summed E-state index contributed by atoms with van der Waals surface area (Å²) in [7, 11) is 1.66. The summed E-state index contributed by atoms with van der Waals surface area (Å²) >= 11 is 0. The number of aromatic nitrogens is 2. The van der Waals surface area contributed by atoms with Gasteiger partial charge in [0.15, 0.2) is 0 Å². The fraction of sp³-hybridized carbons (Fsp3) is 0.400. The van der Waals surface area contributed by atoms with Crippen molar-refractivity contribution >= 4 is 0 Å². The molecule has 1 aliphatic rings. The summed E-state index contributed by atoms with van der Waals surface area (Å²) < 4.78 is 16.5. The predicted octanol–water partition coefficient (Wildman–Crippen LogP) is 2.64. The van der Waals surface area contributed by atoms with Gasteiger partial charge in [0.25, 0.3) is 0 Å². The van der Waals surface area contributed by atoms with Gasteiger partial charge in [0.05, 0.1) is 18.9 Å². The highest BCUT2D eigenvalue weighted by molar-refractivity contribution is 5.67. The molecule has 1 unspecified atom stereocenters. The van der Waals surface area contributed by atoms with E-state index >= 15 is 0 Å². The molecule has 0 radical (unpaired) electrons. The van der Waals surface area contributed by atoms with Gasteiger partial charge in [0.2, 0.25) is 5.88 Å². The fourth-order valence-corrected chi connectivity index (χ4v) is 2.34. The second-order valence-electron chi connectivity index (χ2n) is 4.77. The van der Waals surface area contributed by atoms with Crippen LogP contribution in [-0.4, -0.2) is 36.6 Å². The monoisotopic (exact) mass is 274 g/mol. The van der Waals surface area contributed by atoms with Gasteiger partial charge in [-0.15, -0.1) is 5.10 Å². The van der Waals surface area contributed by atoms with E-state index in [-0.39, 0.29) is 6.10 Å². The molecule has 20 heavy (non-hydrogen) atoms. The number of benzene rings is 1. The zero-order chi connectivity index (χ0) is 13.8. The topological polar surface area (TPSA) is 56.4 Å². The number of nitrogens with zero attached hydrogens (tertiary/aromatic N) is 1. The summed E-state index contributed by atoms with van der Waals surface area (Å²) in [6, 6.07) is 9.69. The number of H-pyrrole nitrogens is 1. The normalized spacial score (nSPS) is 18.1. The first-order valence-corrected chi connectivity index (χ1v) is 6.80. The smallest absolute Gasteiger partial charge is 0.233 e. The number of aromatic amines is 1. The number of para-hydroxylation sites is 1. The van der Waals surface area contributed by atoms with E-state index in [0.29, 0.717) is 12.5 Å². The summed E-state index contributed by atoms with van der Waals surface area (Å²) in [4.78, 5) is 0. The van der Waals surface area contributed by atoms with Crippen molar-refractivity contribution in [2.75, 3.05) is 20.3 Å². The molecule has 2 heterocycles. The van der Waals surface area contributed by atoms with Crippen LogP contribution in [0.1, 0.15) is 12.8 Å². The molecule has 1 aromatic carbocycles. The molecule has 0 spiro atoms.